The first-order valence-electron chi connectivity index (χ1n) is 4.47. The van der Waals surface area contributed by atoms with Crippen LogP contribution < -0.4 is 5.32 Å². The van der Waals surface area contributed by atoms with E-state index in [0.29, 0.717) is 0 Å². The van der Waals surface area contributed by atoms with Gasteiger partial charge in [-0.05, 0) is 0 Å². The van der Waals surface area contributed by atoms with Crippen molar-refractivity contribution in [2.45, 2.75) is 24.4 Å². The van der Waals surface area contributed by atoms with Gasteiger partial charge >= 0.3 is 0 Å². The number of aliphatic hydroxyl groups excluding tert-OH is 2. The highest BCUT2D eigenvalue weighted by Crippen LogP contribution is 2.46. The van der Waals surface area contributed by atoms with Gasteiger partial charge in [0, 0.05) is 0 Å². The summed E-state index contributed by atoms with van der Waals surface area (Å²) in [6, 6.07) is 0. The SMILES string of the molecule is O=C1NC(=O)C2C3OC(C(O)C3O)C12. The van der Waals surface area contributed by atoms with Gasteiger partial charge in [-0.15, -0.1) is 0 Å². The third-order valence-electron chi connectivity index (χ3n) is 3.28. The summed E-state index contributed by atoms with van der Waals surface area (Å²) in [6.07, 6.45) is -3.58. The number of hydrogen-bond donors (Lipinski definition) is 3. The zero-order valence-electron chi connectivity index (χ0n) is 7.08. The lowest BCUT2D eigenvalue weighted by Gasteiger charge is -2.25. The van der Waals surface area contributed by atoms with E-state index in [1.165, 1.54) is 0 Å². The van der Waals surface area contributed by atoms with Gasteiger partial charge in [-0.3, -0.25) is 14.9 Å². The van der Waals surface area contributed by atoms with Crippen LogP contribution in [-0.2, 0) is 14.3 Å². The van der Waals surface area contributed by atoms with Crippen molar-refractivity contribution in [2.75, 3.05) is 0 Å². The molecule has 6 heteroatoms. The van der Waals surface area contributed by atoms with Crippen LogP contribution in [0.4, 0.5) is 0 Å². The summed E-state index contributed by atoms with van der Waals surface area (Å²) in [7, 11) is 0. The van der Waals surface area contributed by atoms with E-state index in [4.69, 9.17) is 4.74 Å². The fourth-order valence-corrected chi connectivity index (χ4v) is 2.65. The summed E-state index contributed by atoms with van der Waals surface area (Å²) >= 11 is 0. The monoisotopic (exact) mass is 199 g/mol. The Kier molecular flexibility index (Phi) is 1.39. The highest BCUT2D eigenvalue weighted by Gasteiger charge is 2.66. The van der Waals surface area contributed by atoms with Crippen LogP contribution in [0, 0.1) is 11.8 Å². The predicted molar refractivity (Wildman–Crippen MR) is 40.8 cm³/mol. The average molecular weight is 199 g/mol. The first-order chi connectivity index (χ1) is 6.61. The molecule has 0 aromatic heterocycles. The molecule has 0 aromatic rings. The molecule has 0 radical (unpaired) electrons. The molecule has 2 amide bonds. The minimum Gasteiger partial charge on any atom is -0.388 e. The van der Waals surface area contributed by atoms with Gasteiger partial charge in [-0.25, -0.2) is 0 Å². The summed E-state index contributed by atoms with van der Waals surface area (Å²) < 4.78 is 5.22. The van der Waals surface area contributed by atoms with E-state index in [0.717, 1.165) is 0 Å². The molecule has 6 unspecified atom stereocenters. The van der Waals surface area contributed by atoms with Gasteiger partial charge in [0.15, 0.2) is 0 Å². The molecule has 2 bridgehead atoms. The van der Waals surface area contributed by atoms with E-state index in [2.05, 4.69) is 5.32 Å². The molecule has 6 nitrogen and oxygen atoms in total. The minimum absolute atomic E-state index is 0.404. The van der Waals surface area contributed by atoms with Gasteiger partial charge in [-0.2, -0.15) is 0 Å². The maximum atomic E-state index is 11.3. The van der Waals surface area contributed by atoms with Crippen LogP contribution in [0.3, 0.4) is 0 Å². The number of amides is 2. The molecule has 3 saturated heterocycles. The van der Waals surface area contributed by atoms with Crippen LogP contribution in [0.15, 0.2) is 0 Å². The lowest BCUT2D eigenvalue weighted by molar-refractivity contribution is -0.129. The number of aliphatic hydroxyl groups is 2. The molecule has 3 aliphatic heterocycles. The quantitative estimate of drug-likeness (QED) is 0.371. The van der Waals surface area contributed by atoms with Crippen LogP contribution in [0.2, 0.25) is 0 Å². The Balaban J connectivity index is 2.01. The highest BCUT2D eigenvalue weighted by molar-refractivity contribution is 6.06. The fraction of sp³-hybridized carbons (Fsp3) is 0.750. The van der Waals surface area contributed by atoms with E-state index in [-0.39, 0.29) is 0 Å². The number of rotatable bonds is 0. The number of ether oxygens (including phenoxy) is 1. The summed E-state index contributed by atoms with van der Waals surface area (Å²) in [5.41, 5.74) is 0. The van der Waals surface area contributed by atoms with Crippen LogP contribution >= 0.6 is 0 Å². The predicted octanol–water partition coefficient (Wildman–Crippen LogP) is -2.62. The summed E-state index contributed by atoms with van der Waals surface area (Å²) in [4.78, 5) is 22.6. The third kappa shape index (κ3) is 0.727. The largest absolute Gasteiger partial charge is 0.388 e. The zero-order valence-corrected chi connectivity index (χ0v) is 7.08. The van der Waals surface area contributed by atoms with Gasteiger partial charge in [0.1, 0.15) is 12.2 Å². The van der Waals surface area contributed by atoms with Crippen molar-refractivity contribution in [1.29, 1.82) is 0 Å². The molecular weight excluding hydrogens is 190 g/mol. The van der Waals surface area contributed by atoms with E-state index in [1.807, 2.05) is 0 Å². The second kappa shape index (κ2) is 2.33. The van der Waals surface area contributed by atoms with Gasteiger partial charge in [0.25, 0.3) is 0 Å². The Morgan fingerprint density at radius 2 is 1.43 bits per heavy atom. The second-order valence-corrected chi connectivity index (χ2v) is 3.95. The molecular formula is C8H9NO5. The number of hydrogen-bond acceptors (Lipinski definition) is 5. The summed E-state index contributed by atoms with van der Waals surface area (Å²) in [6.45, 7) is 0. The molecule has 0 aliphatic carbocycles. The standard InChI is InChI=1S/C8H9NO5/c10-3-4(11)6-2-1(5(3)14-6)7(12)9-8(2)13/h1-6,10-11H,(H,9,12,13). The summed E-state index contributed by atoms with van der Waals surface area (Å²) in [5, 5.41) is 21.1. The van der Waals surface area contributed by atoms with Gasteiger partial charge in [0.05, 0.1) is 24.0 Å². The van der Waals surface area contributed by atoms with Crippen molar-refractivity contribution in [2.24, 2.45) is 11.8 Å². The van der Waals surface area contributed by atoms with E-state index < -0.39 is 48.1 Å². The first kappa shape index (κ1) is 8.34. The van der Waals surface area contributed by atoms with E-state index >= 15 is 0 Å². The molecule has 3 rings (SSSR count). The second-order valence-electron chi connectivity index (χ2n) is 3.95. The topological polar surface area (TPSA) is 95.9 Å². The molecule has 3 aliphatic rings. The average Bonchev–Trinajstić information content (AvgIpc) is 2.71. The molecule has 14 heavy (non-hydrogen) atoms. The third-order valence-corrected chi connectivity index (χ3v) is 3.28. The van der Waals surface area contributed by atoms with Crippen LogP contribution in [-0.4, -0.2) is 46.4 Å². The van der Waals surface area contributed by atoms with E-state index in [1.54, 1.807) is 0 Å². The number of imide groups is 1. The fourth-order valence-electron chi connectivity index (χ4n) is 2.65. The Morgan fingerprint density at radius 1 is 1.00 bits per heavy atom. The minimum atomic E-state index is -1.06. The number of carbonyl (C=O) groups is 2. The van der Waals surface area contributed by atoms with Crippen molar-refractivity contribution >= 4 is 11.8 Å². The lowest BCUT2D eigenvalue weighted by atomic mass is 9.78. The molecule has 76 valence electrons. The normalized spacial score (nSPS) is 55.0. The van der Waals surface area contributed by atoms with Crippen molar-refractivity contribution < 1.29 is 24.5 Å². The summed E-state index contributed by atoms with van der Waals surface area (Å²) in [5.74, 6) is -2.05. The Morgan fingerprint density at radius 3 is 1.86 bits per heavy atom. The Bertz CT molecular complexity index is 300. The molecule has 3 fully saturated rings. The number of nitrogens with one attached hydrogen (secondary N) is 1. The van der Waals surface area contributed by atoms with Crippen LogP contribution in [0.5, 0.6) is 0 Å². The van der Waals surface area contributed by atoms with Gasteiger partial charge in [-0.1, -0.05) is 0 Å². The molecule has 3 heterocycles. The molecule has 6 atom stereocenters. The molecule has 3 N–H and O–H groups in total. The molecule has 0 spiro atoms. The Hall–Kier alpha value is -0.980. The van der Waals surface area contributed by atoms with Crippen molar-refractivity contribution in [3.8, 4) is 0 Å². The molecule has 0 aromatic carbocycles. The maximum absolute atomic E-state index is 11.3. The van der Waals surface area contributed by atoms with Gasteiger partial charge in [0.2, 0.25) is 11.8 Å². The van der Waals surface area contributed by atoms with Crippen molar-refractivity contribution in [3.63, 3.8) is 0 Å². The van der Waals surface area contributed by atoms with Gasteiger partial charge < -0.3 is 14.9 Å². The lowest BCUT2D eigenvalue weighted by Crippen LogP contribution is -2.47. The van der Waals surface area contributed by atoms with E-state index in [9.17, 15) is 19.8 Å². The van der Waals surface area contributed by atoms with Crippen LogP contribution in [0.25, 0.3) is 0 Å². The number of carbonyl (C=O) groups excluding carboxylic acids is 2. The number of fused-ring (bicyclic) bond motifs is 5. The zero-order chi connectivity index (χ0) is 10.0. The highest BCUT2D eigenvalue weighted by atomic mass is 16.6. The van der Waals surface area contributed by atoms with Crippen molar-refractivity contribution in [1.82, 2.24) is 5.32 Å². The smallest absolute Gasteiger partial charge is 0.233 e. The first-order valence-corrected chi connectivity index (χ1v) is 4.47. The Labute approximate surface area is 78.9 Å². The maximum Gasteiger partial charge on any atom is 0.233 e. The molecule has 0 saturated carbocycles. The van der Waals surface area contributed by atoms with Crippen LogP contribution in [0.1, 0.15) is 0 Å². The van der Waals surface area contributed by atoms with Crippen molar-refractivity contribution in [3.05, 3.63) is 0 Å².